The maximum absolute atomic E-state index is 11.4. The number of hydrogen-bond donors (Lipinski definition) is 1. The zero-order valence-corrected chi connectivity index (χ0v) is 11.0. The second-order valence-corrected chi connectivity index (χ2v) is 4.10. The van der Waals surface area contributed by atoms with Gasteiger partial charge in [0.05, 0.1) is 25.5 Å². The van der Waals surface area contributed by atoms with E-state index in [9.17, 15) is 14.4 Å². The fourth-order valence-electron chi connectivity index (χ4n) is 0.933. The molecule has 1 N–H and O–H groups in total. The molecular formula is C10H11N3O5S. The van der Waals surface area contributed by atoms with E-state index in [0.29, 0.717) is 0 Å². The third-order valence-electron chi connectivity index (χ3n) is 1.82. The van der Waals surface area contributed by atoms with Gasteiger partial charge in [-0.25, -0.2) is 4.79 Å². The van der Waals surface area contributed by atoms with Gasteiger partial charge in [0.2, 0.25) is 0 Å². The highest BCUT2D eigenvalue weighted by atomic mass is 32.2. The predicted octanol–water partition coefficient (Wildman–Crippen LogP) is -0.189. The van der Waals surface area contributed by atoms with Crippen molar-refractivity contribution < 1.29 is 23.9 Å². The van der Waals surface area contributed by atoms with Gasteiger partial charge in [-0.05, 0) is 11.8 Å². The van der Waals surface area contributed by atoms with Crippen LogP contribution in [-0.4, -0.2) is 43.4 Å². The van der Waals surface area contributed by atoms with Gasteiger partial charge in [0.1, 0.15) is 0 Å². The summed E-state index contributed by atoms with van der Waals surface area (Å²) in [5.74, 6) is -1.54. The zero-order chi connectivity index (χ0) is 14.3. The van der Waals surface area contributed by atoms with Crippen molar-refractivity contribution in [2.75, 3.05) is 14.2 Å². The standard InChI is InChI=1S/C10H11N3O5S/c1-17-7(14)3-4-11-13-10-12-9(16)6(19-10)5-8(15)18-2/h4-5H,3H2,1-2H3,(H,12,13,16)/b6-5-,11-4?. The van der Waals surface area contributed by atoms with E-state index in [1.165, 1.54) is 20.4 Å². The van der Waals surface area contributed by atoms with Crippen molar-refractivity contribution in [3.05, 3.63) is 11.0 Å². The Morgan fingerprint density at radius 1 is 1.37 bits per heavy atom. The molecule has 19 heavy (non-hydrogen) atoms. The van der Waals surface area contributed by atoms with E-state index in [0.717, 1.165) is 17.8 Å². The smallest absolute Gasteiger partial charge is 0.331 e. The first-order valence-corrected chi connectivity index (χ1v) is 5.83. The van der Waals surface area contributed by atoms with E-state index >= 15 is 0 Å². The number of carbonyl (C=O) groups is 3. The first-order chi connectivity index (χ1) is 9.06. The number of nitrogens with zero attached hydrogens (tertiary/aromatic N) is 2. The van der Waals surface area contributed by atoms with E-state index in [1.807, 2.05) is 0 Å². The van der Waals surface area contributed by atoms with E-state index in [4.69, 9.17) is 0 Å². The Hall–Kier alpha value is -2.16. The molecule has 0 unspecified atom stereocenters. The Balaban J connectivity index is 2.59. The predicted molar refractivity (Wildman–Crippen MR) is 68.4 cm³/mol. The molecule has 0 saturated carbocycles. The molecule has 0 radical (unpaired) electrons. The SMILES string of the molecule is COC(=O)/C=C1\S/C(=N\N=CCC(=O)OC)NC1=O. The van der Waals surface area contributed by atoms with Crippen LogP contribution in [-0.2, 0) is 23.9 Å². The average molecular weight is 285 g/mol. The maximum Gasteiger partial charge on any atom is 0.331 e. The molecule has 0 bridgehead atoms. The van der Waals surface area contributed by atoms with Crippen molar-refractivity contribution in [1.82, 2.24) is 5.32 Å². The summed E-state index contributed by atoms with van der Waals surface area (Å²) in [7, 11) is 2.47. The van der Waals surface area contributed by atoms with Crippen LogP contribution in [0.5, 0.6) is 0 Å². The maximum atomic E-state index is 11.4. The second-order valence-electron chi connectivity index (χ2n) is 3.07. The van der Waals surface area contributed by atoms with Crippen molar-refractivity contribution >= 4 is 41.0 Å². The Kier molecular flexibility index (Phi) is 5.73. The zero-order valence-electron chi connectivity index (χ0n) is 10.2. The molecule has 102 valence electrons. The molecule has 0 aromatic rings. The number of rotatable bonds is 4. The molecule has 0 aromatic heterocycles. The largest absolute Gasteiger partial charge is 0.469 e. The van der Waals surface area contributed by atoms with E-state index in [1.54, 1.807) is 0 Å². The Morgan fingerprint density at radius 3 is 2.74 bits per heavy atom. The summed E-state index contributed by atoms with van der Waals surface area (Å²) in [6.07, 6.45) is 2.28. The van der Waals surface area contributed by atoms with Gasteiger partial charge in [-0.2, -0.15) is 5.10 Å². The molecule has 0 atom stereocenters. The first-order valence-electron chi connectivity index (χ1n) is 5.02. The molecule has 1 saturated heterocycles. The number of methoxy groups -OCH3 is 2. The minimum Gasteiger partial charge on any atom is -0.469 e. The normalized spacial score (nSPS) is 18.9. The van der Waals surface area contributed by atoms with E-state index < -0.39 is 17.8 Å². The van der Waals surface area contributed by atoms with Gasteiger partial charge >= 0.3 is 11.9 Å². The number of ether oxygens (including phenoxy) is 2. The summed E-state index contributed by atoms with van der Waals surface area (Å²) in [4.78, 5) is 33.3. The number of carbonyl (C=O) groups excluding carboxylic acids is 3. The second kappa shape index (κ2) is 7.31. The number of esters is 2. The van der Waals surface area contributed by atoms with Crippen molar-refractivity contribution in [3.63, 3.8) is 0 Å². The number of nitrogens with one attached hydrogen (secondary N) is 1. The summed E-state index contributed by atoms with van der Waals surface area (Å²) in [6.45, 7) is 0. The van der Waals surface area contributed by atoms with Crippen molar-refractivity contribution in [3.8, 4) is 0 Å². The molecule has 1 aliphatic rings. The highest BCUT2D eigenvalue weighted by molar-refractivity contribution is 8.18. The Morgan fingerprint density at radius 2 is 2.11 bits per heavy atom. The van der Waals surface area contributed by atoms with Gasteiger partial charge in [-0.15, -0.1) is 5.10 Å². The molecule has 0 aromatic carbocycles. The number of hydrogen-bond acceptors (Lipinski definition) is 8. The molecule has 1 heterocycles. The lowest BCUT2D eigenvalue weighted by Crippen LogP contribution is -2.19. The summed E-state index contributed by atoms with van der Waals surface area (Å²) in [5.41, 5.74) is 0. The van der Waals surface area contributed by atoms with Crippen LogP contribution in [0.25, 0.3) is 0 Å². The molecule has 0 aliphatic carbocycles. The van der Waals surface area contributed by atoms with Gasteiger partial charge in [0.15, 0.2) is 5.17 Å². The van der Waals surface area contributed by atoms with Crippen molar-refractivity contribution in [2.45, 2.75) is 6.42 Å². The van der Waals surface area contributed by atoms with E-state index in [2.05, 4.69) is 25.0 Å². The lowest BCUT2D eigenvalue weighted by molar-refractivity contribution is -0.139. The highest BCUT2D eigenvalue weighted by Crippen LogP contribution is 2.23. The van der Waals surface area contributed by atoms with E-state index in [-0.39, 0.29) is 16.5 Å². The fourth-order valence-corrected chi connectivity index (χ4v) is 1.67. The van der Waals surface area contributed by atoms with Crippen LogP contribution >= 0.6 is 11.8 Å². The lowest BCUT2D eigenvalue weighted by atomic mass is 10.4. The molecule has 0 spiro atoms. The summed E-state index contributed by atoms with van der Waals surface area (Å²) >= 11 is 0.947. The highest BCUT2D eigenvalue weighted by Gasteiger charge is 2.24. The monoisotopic (exact) mass is 285 g/mol. The van der Waals surface area contributed by atoms with Crippen molar-refractivity contribution in [2.24, 2.45) is 10.2 Å². The molecule has 9 heteroatoms. The van der Waals surface area contributed by atoms with Crippen molar-refractivity contribution in [1.29, 1.82) is 0 Å². The number of thioether (sulfide) groups is 1. The summed E-state index contributed by atoms with van der Waals surface area (Å²) < 4.78 is 8.80. The van der Waals surface area contributed by atoms with Crippen LogP contribution < -0.4 is 5.32 Å². The van der Waals surface area contributed by atoms with Crippen LogP contribution in [0.3, 0.4) is 0 Å². The molecule has 1 fully saturated rings. The third kappa shape index (κ3) is 4.92. The van der Waals surface area contributed by atoms with Crippen LogP contribution in [0.1, 0.15) is 6.42 Å². The molecule has 1 rings (SSSR count). The molecule has 8 nitrogen and oxygen atoms in total. The van der Waals surface area contributed by atoms with Crippen LogP contribution in [0, 0.1) is 0 Å². The summed E-state index contributed by atoms with van der Waals surface area (Å²) in [5, 5.41) is 9.89. The molecular weight excluding hydrogens is 274 g/mol. The Labute approximate surface area is 112 Å². The number of amides is 1. The van der Waals surface area contributed by atoms with Crippen LogP contribution in [0.2, 0.25) is 0 Å². The van der Waals surface area contributed by atoms with Gasteiger partial charge in [0.25, 0.3) is 5.91 Å². The van der Waals surface area contributed by atoms with Gasteiger partial charge in [0, 0.05) is 12.3 Å². The summed E-state index contributed by atoms with van der Waals surface area (Å²) in [6, 6.07) is 0. The Bertz CT molecular complexity index is 484. The minimum absolute atomic E-state index is 0.0171. The van der Waals surface area contributed by atoms with Gasteiger partial charge in [-0.3, -0.25) is 14.9 Å². The number of amidine groups is 1. The van der Waals surface area contributed by atoms with Gasteiger partial charge in [-0.1, -0.05) is 0 Å². The average Bonchev–Trinajstić information content (AvgIpc) is 2.74. The first kappa shape index (κ1) is 14.9. The fraction of sp³-hybridized carbons (Fsp3) is 0.300. The topological polar surface area (TPSA) is 106 Å². The van der Waals surface area contributed by atoms with Gasteiger partial charge < -0.3 is 9.47 Å². The lowest BCUT2D eigenvalue weighted by Gasteiger charge is -1.91. The third-order valence-corrected chi connectivity index (χ3v) is 2.72. The quantitative estimate of drug-likeness (QED) is 0.332. The minimum atomic E-state index is -0.631. The van der Waals surface area contributed by atoms with Crippen LogP contribution in [0.15, 0.2) is 21.2 Å². The van der Waals surface area contributed by atoms with Crippen LogP contribution in [0.4, 0.5) is 0 Å². The molecule has 1 aliphatic heterocycles. The molecule has 1 amide bonds.